The Balaban J connectivity index is 3.37. The van der Waals surface area contributed by atoms with Crippen LogP contribution in [-0.4, -0.2) is 34.4 Å². The van der Waals surface area contributed by atoms with Crippen LogP contribution in [0.3, 0.4) is 0 Å². The van der Waals surface area contributed by atoms with Gasteiger partial charge in [-0.1, -0.05) is 64.7 Å². The summed E-state index contributed by atoms with van der Waals surface area (Å²) in [5.74, 6) is -0.186. The molecular weight excluding hydrogens is 296 g/mol. The van der Waals surface area contributed by atoms with Crippen LogP contribution in [0.5, 0.6) is 0 Å². The van der Waals surface area contributed by atoms with Crippen molar-refractivity contribution in [3.8, 4) is 0 Å². The highest BCUT2D eigenvalue weighted by atomic mass is 32.2. The lowest BCUT2D eigenvalue weighted by molar-refractivity contribution is 0.556. The van der Waals surface area contributed by atoms with Crippen LogP contribution in [-0.2, 0) is 20.9 Å². The van der Waals surface area contributed by atoms with Gasteiger partial charge in [-0.05, 0) is 6.42 Å². The van der Waals surface area contributed by atoms with Crippen LogP contribution in [0.1, 0.15) is 71.1 Å². The molecule has 0 spiro atoms. The smallest absolute Gasteiger partial charge is 0.153 e. The minimum absolute atomic E-state index is 0.153. The Kier molecular flexibility index (Phi) is 12.8. The summed E-state index contributed by atoms with van der Waals surface area (Å²) in [6.45, 7) is 2.21. The van der Waals surface area contributed by atoms with E-state index >= 15 is 0 Å². The van der Waals surface area contributed by atoms with Crippen molar-refractivity contribution in [1.29, 1.82) is 0 Å². The third-order valence-electron chi connectivity index (χ3n) is 3.38. The zero-order valence-corrected chi connectivity index (χ0v) is 14.3. The van der Waals surface area contributed by atoms with Crippen LogP contribution in [0.4, 0.5) is 0 Å². The van der Waals surface area contributed by atoms with Crippen molar-refractivity contribution in [1.82, 2.24) is 0 Å². The van der Waals surface area contributed by atoms with Gasteiger partial charge in [-0.3, -0.25) is 0 Å². The lowest BCUT2D eigenvalue weighted by Crippen LogP contribution is -2.16. The topological polar surface area (TPSA) is 71.4 Å². The lowest BCUT2D eigenvalue weighted by Gasteiger charge is -2.04. The fourth-order valence-corrected chi connectivity index (χ4v) is 4.54. The van der Waals surface area contributed by atoms with Crippen molar-refractivity contribution in [3.63, 3.8) is 0 Å². The molecular formula is C14H30O4S2. The molecule has 0 aliphatic carbocycles. The van der Waals surface area contributed by atoms with Crippen molar-refractivity contribution in [2.45, 2.75) is 71.1 Å². The number of hydrogen-bond acceptors (Lipinski definition) is 3. The molecule has 0 heterocycles. The first-order chi connectivity index (χ1) is 9.48. The van der Waals surface area contributed by atoms with Gasteiger partial charge in [-0.2, -0.15) is 0 Å². The van der Waals surface area contributed by atoms with E-state index in [-0.39, 0.29) is 17.3 Å². The summed E-state index contributed by atoms with van der Waals surface area (Å²) in [6, 6.07) is 0. The summed E-state index contributed by atoms with van der Waals surface area (Å²) in [7, 11) is -3.14. The van der Waals surface area contributed by atoms with Gasteiger partial charge in [0.15, 0.2) is 20.9 Å². The van der Waals surface area contributed by atoms with Gasteiger partial charge in [0.2, 0.25) is 0 Å². The minimum atomic E-state index is -3.14. The maximum Gasteiger partial charge on any atom is 0.153 e. The first-order valence-electron chi connectivity index (χ1n) is 7.76. The molecule has 20 heavy (non-hydrogen) atoms. The molecule has 0 saturated carbocycles. The van der Waals surface area contributed by atoms with E-state index in [0.29, 0.717) is 6.42 Å². The molecule has 0 saturated heterocycles. The van der Waals surface area contributed by atoms with E-state index in [0.717, 1.165) is 12.8 Å². The normalized spacial score (nSPS) is 13.5. The maximum absolute atomic E-state index is 11.5. The van der Waals surface area contributed by atoms with E-state index in [1.807, 2.05) is 0 Å². The highest BCUT2D eigenvalue weighted by molar-refractivity contribution is 7.92. The first kappa shape index (κ1) is 20.1. The number of rotatable bonds is 14. The van der Waals surface area contributed by atoms with Crippen molar-refractivity contribution in [2.75, 3.05) is 17.3 Å². The van der Waals surface area contributed by atoms with Crippen LogP contribution < -0.4 is 0 Å². The summed E-state index contributed by atoms with van der Waals surface area (Å²) in [6.07, 6.45) is 11.7. The Hall–Kier alpha value is 0.0600. The van der Waals surface area contributed by atoms with Gasteiger partial charge in [0.1, 0.15) is 0 Å². The van der Waals surface area contributed by atoms with Gasteiger partial charge in [0.05, 0.1) is 17.3 Å². The molecule has 0 aromatic rings. The maximum atomic E-state index is 11.5. The fourth-order valence-electron chi connectivity index (χ4n) is 2.11. The summed E-state index contributed by atoms with van der Waals surface area (Å²) in [5.41, 5.74) is 0. The second kappa shape index (κ2) is 12.8. The average molecular weight is 327 g/mol. The molecule has 0 aliphatic heterocycles. The summed E-state index contributed by atoms with van der Waals surface area (Å²) in [4.78, 5) is 0. The molecule has 122 valence electrons. The molecule has 0 aliphatic rings. The van der Waals surface area contributed by atoms with Gasteiger partial charge in [-0.25, -0.2) is 12.6 Å². The summed E-state index contributed by atoms with van der Waals surface area (Å²) < 4.78 is 42.1. The van der Waals surface area contributed by atoms with Crippen molar-refractivity contribution in [3.05, 3.63) is 0 Å². The Morgan fingerprint density at radius 2 is 1.25 bits per heavy atom. The first-order valence-corrected chi connectivity index (χ1v) is 10.9. The lowest BCUT2D eigenvalue weighted by atomic mass is 10.1. The van der Waals surface area contributed by atoms with E-state index in [1.165, 1.54) is 44.9 Å². The van der Waals surface area contributed by atoms with E-state index in [2.05, 4.69) is 6.92 Å². The molecule has 0 rings (SSSR count). The molecule has 0 bridgehead atoms. The largest absolute Gasteiger partial charge is 0.306 e. The highest BCUT2D eigenvalue weighted by Crippen LogP contribution is 2.11. The Morgan fingerprint density at radius 1 is 0.800 bits per heavy atom. The quantitative estimate of drug-likeness (QED) is 0.391. The van der Waals surface area contributed by atoms with Crippen LogP contribution >= 0.6 is 0 Å². The molecule has 4 nitrogen and oxygen atoms in total. The van der Waals surface area contributed by atoms with Gasteiger partial charge in [-0.15, -0.1) is 0 Å². The fraction of sp³-hybridized carbons (Fsp3) is 1.00. The molecule has 0 aromatic heterocycles. The number of sulfone groups is 1. The van der Waals surface area contributed by atoms with Crippen LogP contribution in [0.15, 0.2) is 0 Å². The van der Waals surface area contributed by atoms with Crippen molar-refractivity contribution in [2.24, 2.45) is 0 Å². The van der Waals surface area contributed by atoms with Gasteiger partial charge in [0, 0.05) is 0 Å². The number of hydrogen-bond donors (Lipinski definition) is 1. The molecule has 0 fully saturated rings. The summed E-state index contributed by atoms with van der Waals surface area (Å²) >= 11 is -2.01. The van der Waals surface area contributed by atoms with Gasteiger partial charge in [0.25, 0.3) is 0 Å². The van der Waals surface area contributed by atoms with Gasteiger partial charge >= 0.3 is 0 Å². The highest BCUT2D eigenvalue weighted by Gasteiger charge is 2.11. The van der Waals surface area contributed by atoms with E-state index in [4.69, 9.17) is 4.55 Å². The monoisotopic (exact) mass is 326 g/mol. The molecule has 0 aromatic carbocycles. The third kappa shape index (κ3) is 14.5. The van der Waals surface area contributed by atoms with Crippen molar-refractivity contribution >= 4 is 20.9 Å². The van der Waals surface area contributed by atoms with Crippen molar-refractivity contribution < 1.29 is 17.2 Å². The van der Waals surface area contributed by atoms with E-state index in [9.17, 15) is 12.6 Å². The summed E-state index contributed by atoms with van der Waals surface area (Å²) in [5, 5.41) is 0. The van der Waals surface area contributed by atoms with Crippen LogP contribution in [0, 0.1) is 0 Å². The molecule has 1 atom stereocenters. The Bertz CT molecular complexity index is 339. The second-order valence-corrected chi connectivity index (χ2v) is 8.71. The SMILES string of the molecule is CCCCCCCCCCCCS(=O)(=O)CCS(=O)O. The molecule has 1 N–H and O–H groups in total. The second-order valence-electron chi connectivity index (χ2n) is 5.36. The molecule has 0 radical (unpaired) electrons. The van der Waals surface area contributed by atoms with Crippen LogP contribution in [0.2, 0.25) is 0 Å². The number of unbranched alkanes of at least 4 members (excludes halogenated alkanes) is 9. The Labute approximate surface area is 126 Å². The molecule has 0 amide bonds. The van der Waals surface area contributed by atoms with E-state index < -0.39 is 20.9 Å². The minimum Gasteiger partial charge on any atom is -0.306 e. The Morgan fingerprint density at radius 3 is 1.70 bits per heavy atom. The van der Waals surface area contributed by atoms with E-state index in [1.54, 1.807) is 0 Å². The molecule has 1 unspecified atom stereocenters. The predicted octanol–water partition coefficient (Wildman–Crippen LogP) is 3.54. The average Bonchev–Trinajstić information content (AvgIpc) is 2.39. The standard InChI is InChI=1S/C14H30O4S2/c1-2-3-4-5-6-7-8-9-10-11-13-20(17,18)14-12-19(15)16/h2-14H2,1H3,(H,15,16). The van der Waals surface area contributed by atoms with Crippen LogP contribution in [0.25, 0.3) is 0 Å². The van der Waals surface area contributed by atoms with Gasteiger partial charge < -0.3 is 4.55 Å². The zero-order valence-electron chi connectivity index (χ0n) is 12.7. The zero-order chi connectivity index (χ0) is 15.3. The molecule has 6 heteroatoms. The third-order valence-corrected chi connectivity index (χ3v) is 5.93. The predicted molar refractivity (Wildman–Crippen MR) is 86.1 cm³/mol.